The quantitative estimate of drug-likeness (QED) is 0.353. The fraction of sp³-hybridized carbons (Fsp3) is 0.632. The number of nitrogens with zero attached hydrogens (tertiary/aromatic N) is 1. The number of rotatable bonds is 9. The molecule has 12 heteroatoms. The van der Waals surface area contributed by atoms with Crippen LogP contribution in [0.5, 0.6) is 0 Å². The Balaban J connectivity index is 1.44. The van der Waals surface area contributed by atoms with Gasteiger partial charge in [-0.1, -0.05) is 11.6 Å². The summed E-state index contributed by atoms with van der Waals surface area (Å²) in [5.41, 5.74) is 0. The summed E-state index contributed by atoms with van der Waals surface area (Å²) < 4.78 is 37.9. The normalized spacial score (nSPS) is 27.3. The Morgan fingerprint density at radius 1 is 1.13 bits per heavy atom. The standard InChI is InChI=1S/C19H28ClN3O7S/c20-13-1-3-14(4-2-13)31(27,28)22-12-16-19(26)18(25)15(30-16)11-17(24)21-5-6-23-7-9-29-10-8-23/h1-4,15-16,18-19,22,25-26H,5-12H2,(H,21,24). The molecule has 2 aliphatic heterocycles. The number of aliphatic hydroxyl groups excluding tert-OH is 2. The number of carbonyl (C=O) groups excluding carboxylic acids is 1. The molecule has 1 aromatic carbocycles. The van der Waals surface area contributed by atoms with E-state index in [1.54, 1.807) is 0 Å². The van der Waals surface area contributed by atoms with Crippen molar-refractivity contribution in [1.29, 1.82) is 0 Å². The molecule has 0 radical (unpaired) electrons. The molecule has 0 saturated carbocycles. The molecule has 0 bridgehead atoms. The van der Waals surface area contributed by atoms with E-state index in [4.69, 9.17) is 21.1 Å². The third-order valence-corrected chi connectivity index (χ3v) is 6.99. The number of sulfonamides is 1. The van der Waals surface area contributed by atoms with E-state index < -0.39 is 34.4 Å². The summed E-state index contributed by atoms with van der Waals surface area (Å²) in [7, 11) is -3.84. The molecule has 174 valence electrons. The molecule has 0 aromatic heterocycles. The lowest BCUT2D eigenvalue weighted by atomic mass is 10.1. The summed E-state index contributed by atoms with van der Waals surface area (Å²) >= 11 is 5.77. The zero-order valence-electron chi connectivity index (χ0n) is 16.9. The minimum Gasteiger partial charge on any atom is -0.388 e. The zero-order chi connectivity index (χ0) is 22.4. The van der Waals surface area contributed by atoms with Crippen LogP contribution >= 0.6 is 11.6 Å². The van der Waals surface area contributed by atoms with Crippen LogP contribution in [0.15, 0.2) is 29.2 Å². The van der Waals surface area contributed by atoms with Crippen molar-refractivity contribution in [1.82, 2.24) is 14.9 Å². The predicted molar refractivity (Wildman–Crippen MR) is 112 cm³/mol. The number of hydrogen-bond acceptors (Lipinski definition) is 8. The van der Waals surface area contributed by atoms with Crippen molar-refractivity contribution in [2.45, 2.75) is 35.7 Å². The van der Waals surface area contributed by atoms with Gasteiger partial charge in [0, 0.05) is 37.7 Å². The van der Waals surface area contributed by atoms with Crippen molar-refractivity contribution >= 4 is 27.5 Å². The van der Waals surface area contributed by atoms with E-state index in [1.807, 2.05) is 0 Å². The summed E-state index contributed by atoms with van der Waals surface area (Å²) in [6, 6.07) is 5.62. The fourth-order valence-corrected chi connectivity index (χ4v) is 4.66. The highest BCUT2D eigenvalue weighted by molar-refractivity contribution is 7.89. The summed E-state index contributed by atoms with van der Waals surface area (Å²) in [5.74, 6) is -0.313. The average Bonchev–Trinajstić information content (AvgIpc) is 3.01. The van der Waals surface area contributed by atoms with Gasteiger partial charge < -0.3 is 25.0 Å². The van der Waals surface area contributed by atoms with Crippen molar-refractivity contribution in [3.63, 3.8) is 0 Å². The largest absolute Gasteiger partial charge is 0.388 e. The number of nitrogens with one attached hydrogen (secondary N) is 2. The lowest BCUT2D eigenvalue weighted by molar-refractivity contribution is -0.125. The van der Waals surface area contributed by atoms with Gasteiger partial charge in [0.2, 0.25) is 15.9 Å². The van der Waals surface area contributed by atoms with Gasteiger partial charge in [-0.05, 0) is 24.3 Å². The molecule has 2 aliphatic rings. The van der Waals surface area contributed by atoms with Gasteiger partial charge in [0.25, 0.3) is 0 Å². The number of halogens is 1. The number of carbonyl (C=O) groups is 1. The Bertz CT molecular complexity index is 833. The van der Waals surface area contributed by atoms with Gasteiger partial charge in [0.1, 0.15) is 18.3 Å². The molecular weight excluding hydrogens is 450 g/mol. The first kappa shape index (κ1) is 24.3. The van der Waals surface area contributed by atoms with Crippen LogP contribution in [0.1, 0.15) is 6.42 Å². The van der Waals surface area contributed by atoms with E-state index in [-0.39, 0.29) is 23.8 Å². The molecule has 2 saturated heterocycles. The van der Waals surface area contributed by atoms with Gasteiger partial charge in [0.05, 0.1) is 30.6 Å². The van der Waals surface area contributed by atoms with Gasteiger partial charge in [-0.15, -0.1) is 0 Å². The smallest absolute Gasteiger partial charge is 0.240 e. The monoisotopic (exact) mass is 477 g/mol. The summed E-state index contributed by atoms with van der Waals surface area (Å²) in [6.45, 7) is 3.89. The Kier molecular flexibility index (Phi) is 8.65. The second kappa shape index (κ2) is 11.0. The molecule has 4 N–H and O–H groups in total. The van der Waals surface area contributed by atoms with Crippen molar-refractivity contribution in [3.8, 4) is 0 Å². The highest BCUT2D eigenvalue weighted by atomic mass is 35.5. The van der Waals surface area contributed by atoms with Gasteiger partial charge in [-0.25, -0.2) is 13.1 Å². The molecule has 2 fully saturated rings. The van der Waals surface area contributed by atoms with Gasteiger partial charge in [-0.3, -0.25) is 9.69 Å². The fourth-order valence-electron chi connectivity index (χ4n) is 3.49. The van der Waals surface area contributed by atoms with Gasteiger partial charge >= 0.3 is 0 Å². The van der Waals surface area contributed by atoms with E-state index in [2.05, 4.69) is 14.9 Å². The van der Waals surface area contributed by atoms with Crippen LogP contribution in [-0.2, 0) is 24.3 Å². The highest BCUT2D eigenvalue weighted by Crippen LogP contribution is 2.24. The minimum absolute atomic E-state index is 0.0149. The highest BCUT2D eigenvalue weighted by Gasteiger charge is 2.43. The lowest BCUT2D eigenvalue weighted by Gasteiger charge is -2.26. The number of benzene rings is 1. The molecule has 3 rings (SSSR count). The Morgan fingerprint density at radius 2 is 1.77 bits per heavy atom. The van der Waals surface area contributed by atoms with Gasteiger partial charge in [-0.2, -0.15) is 0 Å². The molecular formula is C19H28ClN3O7S. The third-order valence-electron chi connectivity index (χ3n) is 5.30. The first-order valence-corrected chi connectivity index (χ1v) is 12.0. The SMILES string of the molecule is O=C(CC1OC(CNS(=O)(=O)c2ccc(Cl)cc2)C(O)C1O)NCCN1CCOCC1. The van der Waals surface area contributed by atoms with Gasteiger partial charge in [0.15, 0.2) is 0 Å². The molecule has 0 spiro atoms. The van der Waals surface area contributed by atoms with Crippen LogP contribution in [-0.4, -0.2) is 99.8 Å². The minimum atomic E-state index is -3.84. The van der Waals surface area contributed by atoms with Crippen molar-refractivity contribution in [2.24, 2.45) is 0 Å². The molecule has 31 heavy (non-hydrogen) atoms. The number of morpholine rings is 1. The van der Waals surface area contributed by atoms with Crippen LogP contribution in [0.4, 0.5) is 0 Å². The van der Waals surface area contributed by atoms with E-state index in [0.29, 0.717) is 31.3 Å². The van der Waals surface area contributed by atoms with E-state index in [0.717, 1.165) is 13.1 Å². The Labute approximate surface area is 186 Å². The third kappa shape index (κ3) is 6.83. The first-order valence-electron chi connectivity index (χ1n) is 10.1. The maximum absolute atomic E-state index is 12.4. The molecule has 4 unspecified atom stereocenters. The molecule has 1 amide bonds. The van der Waals surface area contributed by atoms with E-state index in [1.165, 1.54) is 24.3 Å². The van der Waals surface area contributed by atoms with Crippen LogP contribution in [0.25, 0.3) is 0 Å². The van der Waals surface area contributed by atoms with Crippen LogP contribution in [0.3, 0.4) is 0 Å². The molecule has 0 aliphatic carbocycles. The Hall–Kier alpha value is -1.31. The molecule has 10 nitrogen and oxygen atoms in total. The van der Waals surface area contributed by atoms with Crippen molar-refractivity contribution < 1.29 is 32.9 Å². The molecule has 4 atom stereocenters. The Morgan fingerprint density at radius 3 is 2.45 bits per heavy atom. The summed E-state index contributed by atoms with van der Waals surface area (Å²) in [5, 5.41) is 23.6. The second-order valence-electron chi connectivity index (χ2n) is 7.51. The number of ether oxygens (including phenoxy) is 2. The average molecular weight is 478 g/mol. The maximum Gasteiger partial charge on any atom is 0.240 e. The first-order chi connectivity index (χ1) is 14.8. The second-order valence-corrected chi connectivity index (χ2v) is 9.71. The molecule has 2 heterocycles. The number of hydrogen-bond donors (Lipinski definition) is 4. The summed E-state index contributed by atoms with van der Waals surface area (Å²) in [6.07, 6.45) is -4.66. The van der Waals surface area contributed by atoms with Crippen LogP contribution in [0.2, 0.25) is 5.02 Å². The maximum atomic E-state index is 12.4. The van der Waals surface area contributed by atoms with Crippen molar-refractivity contribution in [3.05, 3.63) is 29.3 Å². The zero-order valence-corrected chi connectivity index (χ0v) is 18.5. The lowest BCUT2D eigenvalue weighted by Crippen LogP contribution is -2.42. The van der Waals surface area contributed by atoms with Crippen LogP contribution in [0, 0.1) is 0 Å². The van der Waals surface area contributed by atoms with Crippen LogP contribution < -0.4 is 10.0 Å². The predicted octanol–water partition coefficient (Wildman–Crippen LogP) is -1.05. The number of amides is 1. The van der Waals surface area contributed by atoms with E-state index in [9.17, 15) is 23.4 Å². The topological polar surface area (TPSA) is 137 Å². The summed E-state index contributed by atoms with van der Waals surface area (Å²) in [4.78, 5) is 14.4. The number of aliphatic hydroxyl groups is 2. The van der Waals surface area contributed by atoms with Crippen molar-refractivity contribution in [2.75, 3.05) is 45.9 Å². The van der Waals surface area contributed by atoms with E-state index >= 15 is 0 Å². The molecule has 1 aromatic rings.